The van der Waals surface area contributed by atoms with Crippen LogP contribution in [0.25, 0.3) is 0 Å². The minimum Gasteiger partial charge on any atom is -0.506 e. The van der Waals surface area contributed by atoms with Gasteiger partial charge in [-0.3, -0.25) is 0 Å². The molecule has 1 rings (SSSR count). The van der Waals surface area contributed by atoms with Crippen LogP contribution in [0.3, 0.4) is 0 Å². The van der Waals surface area contributed by atoms with Crippen molar-refractivity contribution in [2.24, 2.45) is 5.41 Å². The summed E-state index contributed by atoms with van der Waals surface area (Å²) < 4.78 is 0. The normalized spacial score (nSPS) is 13.6. The van der Waals surface area contributed by atoms with E-state index in [1.807, 2.05) is 12.1 Å². The van der Waals surface area contributed by atoms with Crippen molar-refractivity contribution in [2.45, 2.75) is 39.8 Å². The summed E-state index contributed by atoms with van der Waals surface area (Å²) >= 11 is 5.84. The number of halogens is 1. The van der Waals surface area contributed by atoms with Crippen LogP contribution in [0, 0.1) is 5.41 Å². The van der Waals surface area contributed by atoms with Crippen LogP contribution in [-0.4, -0.2) is 22.9 Å². The second-order valence-electron chi connectivity index (χ2n) is 5.57. The molecule has 4 heteroatoms. The molecule has 0 saturated carbocycles. The molecule has 1 atom stereocenters. The largest absolute Gasteiger partial charge is 0.506 e. The number of benzene rings is 1. The molecule has 1 aromatic carbocycles. The SMILES string of the molecule is CC(O)CC(C)(C)CNCc1cccc(Cl)c1O. The molecule has 102 valence electrons. The first kappa shape index (κ1) is 15.3. The van der Waals surface area contributed by atoms with Crippen LogP contribution in [0.15, 0.2) is 18.2 Å². The first-order valence-corrected chi connectivity index (χ1v) is 6.55. The van der Waals surface area contributed by atoms with Crippen molar-refractivity contribution in [3.8, 4) is 5.75 Å². The molecule has 0 fully saturated rings. The lowest BCUT2D eigenvalue weighted by atomic mass is 9.87. The highest BCUT2D eigenvalue weighted by molar-refractivity contribution is 6.32. The Hall–Kier alpha value is -0.770. The molecular formula is C14H22ClNO2. The highest BCUT2D eigenvalue weighted by atomic mass is 35.5. The van der Waals surface area contributed by atoms with Crippen molar-refractivity contribution in [2.75, 3.05) is 6.54 Å². The summed E-state index contributed by atoms with van der Waals surface area (Å²) in [6.45, 7) is 7.33. The fourth-order valence-corrected chi connectivity index (χ4v) is 2.30. The molecule has 0 aliphatic carbocycles. The summed E-state index contributed by atoms with van der Waals surface area (Å²) in [5, 5.41) is 22.8. The average Bonchev–Trinajstić information content (AvgIpc) is 2.22. The highest BCUT2D eigenvalue weighted by Crippen LogP contribution is 2.27. The van der Waals surface area contributed by atoms with Gasteiger partial charge in [0, 0.05) is 18.7 Å². The van der Waals surface area contributed by atoms with E-state index in [-0.39, 0.29) is 17.3 Å². The molecule has 0 amide bonds. The maximum Gasteiger partial charge on any atom is 0.138 e. The van der Waals surface area contributed by atoms with Gasteiger partial charge in [0.2, 0.25) is 0 Å². The molecular weight excluding hydrogens is 250 g/mol. The standard InChI is InChI=1S/C14H22ClNO2/c1-10(17)7-14(2,3)9-16-8-11-5-4-6-12(15)13(11)18/h4-6,10,16-18H,7-9H2,1-3H3. The van der Waals surface area contributed by atoms with E-state index in [4.69, 9.17) is 11.6 Å². The van der Waals surface area contributed by atoms with Crippen LogP contribution in [0.1, 0.15) is 32.8 Å². The van der Waals surface area contributed by atoms with E-state index in [0.717, 1.165) is 18.5 Å². The molecule has 0 aliphatic heterocycles. The molecule has 1 unspecified atom stereocenters. The predicted octanol–water partition coefficient (Wildman–Crippen LogP) is 2.93. The number of phenolic OH excluding ortho intramolecular Hbond substituents is 1. The highest BCUT2D eigenvalue weighted by Gasteiger charge is 2.19. The van der Waals surface area contributed by atoms with Crippen LogP contribution >= 0.6 is 11.6 Å². The van der Waals surface area contributed by atoms with Gasteiger partial charge in [-0.05, 0) is 24.8 Å². The van der Waals surface area contributed by atoms with E-state index in [2.05, 4.69) is 19.2 Å². The van der Waals surface area contributed by atoms with Crippen molar-refractivity contribution in [3.63, 3.8) is 0 Å². The lowest BCUT2D eigenvalue weighted by molar-refractivity contribution is 0.128. The topological polar surface area (TPSA) is 52.5 Å². The van der Waals surface area contributed by atoms with E-state index in [1.54, 1.807) is 13.0 Å². The first-order valence-electron chi connectivity index (χ1n) is 6.17. The Bertz CT molecular complexity index is 391. The van der Waals surface area contributed by atoms with Gasteiger partial charge in [0.25, 0.3) is 0 Å². The summed E-state index contributed by atoms with van der Waals surface area (Å²) in [7, 11) is 0. The number of rotatable bonds is 6. The summed E-state index contributed by atoms with van der Waals surface area (Å²) in [5.41, 5.74) is 0.804. The van der Waals surface area contributed by atoms with Gasteiger partial charge in [0.05, 0.1) is 11.1 Å². The zero-order chi connectivity index (χ0) is 13.8. The van der Waals surface area contributed by atoms with Crippen molar-refractivity contribution in [1.29, 1.82) is 0 Å². The molecule has 0 bridgehead atoms. The first-order chi connectivity index (χ1) is 8.32. The van der Waals surface area contributed by atoms with Gasteiger partial charge >= 0.3 is 0 Å². The number of para-hydroxylation sites is 1. The van der Waals surface area contributed by atoms with Crippen LogP contribution in [0.2, 0.25) is 5.02 Å². The third-order valence-corrected chi connectivity index (χ3v) is 3.14. The van der Waals surface area contributed by atoms with Crippen molar-refractivity contribution >= 4 is 11.6 Å². The second kappa shape index (κ2) is 6.41. The minimum atomic E-state index is -0.304. The molecule has 0 saturated heterocycles. The van der Waals surface area contributed by atoms with Gasteiger partial charge in [0.1, 0.15) is 5.75 Å². The molecule has 0 aliphatic rings. The van der Waals surface area contributed by atoms with E-state index in [9.17, 15) is 10.2 Å². The molecule has 3 N–H and O–H groups in total. The maximum absolute atomic E-state index is 9.76. The number of aliphatic hydroxyl groups is 1. The molecule has 0 radical (unpaired) electrons. The Kier molecular flexibility index (Phi) is 5.45. The zero-order valence-electron chi connectivity index (χ0n) is 11.2. The summed E-state index contributed by atoms with van der Waals surface area (Å²) in [4.78, 5) is 0. The van der Waals surface area contributed by atoms with Crippen LogP contribution in [-0.2, 0) is 6.54 Å². The average molecular weight is 272 g/mol. The van der Waals surface area contributed by atoms with Crippen molar-refractivity contribution in [1.82, 2.24) is 5.32 Å². The predicted molar refractivity (Wildman–Crippen MR) is 74.9 cm³/mol. The third kappa shape index (κ3) is 4.84. The molecule has 3 nitrogen and oxygen atoms in total. The number of aliphatic hydroxyl groups excluding tert-OH is 1. The monoisotopic (exact) mass is 271 g/mol. The van der Waals surface area contributed by atoms with Gasteiger partial charge < -0.3 is 15.5 Å². The quantitative estimate of drug-likeness (QED) is 0.746. The van der Waals surface area contributed by atoms with E-state index in [1.165, 1.54) is 0 Å². The summed E-state index contributed by atoms with van der Waals surface area (Å²) in [6, 6.07) is 5.33. The number of hydrogen-bond donors (Lipinski definition) is 3. The Morgan fingerprint density at radius 1 is 1.39 bits per heavy atom. The fraction of sp³-hybridized carbons (Fsp3) is 0.571. The molecule has 18 heavy (non-hydrogen) atoms. The minimum absolute atomic E-state index is 0.0162. The van der Waals surface area contributed by atoms with Crippen LogP contribution in [0.4, 0.5) is 0 Å². The molecule has 0 spiro atoms. The molecule has 0 aromatic heterocycles. The summed E-state index contributed by atoms with van der Waals surface area (Å²) in [6.07, 6.45) is 0.433. The van der Waals surface area contributed by atoms with Crippen molar-refractivity contribution in [3.05, 3.63) is 28.8 Å². The third-order valence-electron chi connectivity index (χ3n) is 2.84. The van der Waals surface area contributed by atoms with E-state index < -0.39 is 0 Å². The number of nitrogens with one attached hydrogen (secondary N) is 1. The zero-order valence-corrected chi connectivity index (χ0v) is 12.0. The Balaban J connectivity index is 2.49. The lowest BCUT2D eigenvalue weighted by Crippen LogP contribution is -2.31. The fourth-order valence-electron chi connectivity index (χ4n) is 2.11. The number of aromatic hydroxyl groups is 1. The maximum atomic E-state index is 9.76. The van der Waals surface area contributed by atoms with E-state index in [0.29, 0.717) is 11.6 Å². The Labute approximate surface area is 114 Å². The van der Waals surface area contributed by atoms with Crippen LogP contribution < -0.4 is 5.32 Å². The number of phenols is 1. The Morgan fingerprint density at radius 3 is 2.67 bits per heavy atom. The number of hydrogen-bond acceptors (Lipinski definition) is 3. The Morgan fingerprint density at radius 2 is 2.06 bits per heavy atom. The molecule has 0 heterocycles. The van der Waals surface area contributed by atoms with Gasteiger partial charge in [-0.15, -0.1) is 0 Å². The van der Waals surface area contributed by atoms with Crippen LogP contribution in [0.5, 0.6) is 5.75 Å². The smallest absolute Gasteiger partial charge is 0.138 e. The second-order valence-corrected chi connectivity index (χ2v) is 5.98. The van der Waals surface area contributed by atoms with Crippen molar-refractivity contribution < 1.29 is 10.2 Å². The summed E-state index contributed by atoms with van der Waals surface area (Å²) in [5.74, 6) is 0.139. The lowest BCUT2D eigenvalue weighted by Gasteiger charge is -2.26. The van der Waals surface area contributed by atoms with Gasteiger partial charge in [-0.2, -0.15) is 0 Å². The van der Waals surface area contributed by atoms with Gasteiger partial charge in [-0.1, -0.05) is 37.6 Å². The van der Waals surface area contributed by atoms with E-state index >= 15 is 0 Å². The van der Waals surface area contributed by atoms with Gasteiger partial charge in [0.15, 0.2) is 0 Å². The van der Waals surface area contributed by atoms with Gasteiger partial charge in [-0.25, -0.2) is 0 Å². The molecule has 1 aromatic rings.